The second-order valence-corrected chi connectivity index (χ2v) is 4.16. The Labute approximate surface area is 98.8 Å². The third kappa shape index (κ3) is 2.55. The van der Waals surface area contributed by atoms with Crippen molar-refractivity contribution in [3.05, 3.63) is 29.8 Å². The highest BCUT2D eigenvalue weighted by atomic mass is 16.3. The fraction of sp³-hybridized carbons (Fsp3) is 0.333. The number of hydrogen-bond acceptors (Lipinski definition) is 3. The zero-order valence-corrected chi connectivity index (χ0v) is 9.43. The number of aromatic hydroxyl groups is 1. The summed E-state index contributed by atoms with van der Waals surface area (Å²) in [5.74, 6) is -0.168. The first-order valence-electron chi connectivity index (χ1n) is 5.45. The topological polar surface area (TPSA) is 78.4 Å². The van der Waals surface area contributed by atoms with Gasteiger partial charge in [-0.3, -0.25) is 9.59 Å². The van der Waals surface area contributed by atoms with Gasteiger partial charge in [-0.2, -0.15) is 0 Å². The van der Waals surface area contributed by atoms with E-state index in [-0.39, 0.29) is 17.6 Å². The van der Waals surface area contributed by atoms with Gasteiger partial charge in [-0.05, 0) is 24.6 Å². The molecule has 1 saturated heterocycles. The zero-order valence-electron chi connectivity index (χ0n) is 9.43. The van der Waals surface area contributed by atoms with E-state index in [4.69, 9.17) is 5.11 Å². The lowest BCUT2D eigenvalue weighted by Crippen LogP contribution is -2.61. The van der Waals surface area contributed by atoms with Crippen molar-refractivity contribution >= 4 is 11.8 Å². The molecule has 2 rings (SSSR count). The first-order valence-corrected chi connectivity index (χ1v) is 5.45. The fourth-order valence-corrected chi connectivity index (χ4v) is 1.75. The molecule has 2 amide bonds. The quantitative estimate of drug-likeness (QED) is 0.670. The molecule has 0 unspecified atom stereocenters. The van der Waals surface area contributed by atoms with Crippen LogP contribution in [0.25, 0.3) is 0 Å². The van der Waals surface area contributed by atoms with E-state index in [0.29, 0.717) is 6.42 Å². The van der Waals surface area contributed by atoms with E-state index in [9.17, 15) is 9.59 Å². The summed E-state index contributed by atoms with van der Waals surface area (Å²) in [4.78, 5) is 23.1. The van der Waals surface area contributed by atoms with Gasteiger partial charge in [-0.15, -0.1) is 0 Å². The molecule has 5 heteroatoms. The first kappa shape index (κ1) is 11.4. The van der Waals surface area contributed by atoms with Crippen molar-refractivity contribution < 1.29 is 14.7 Å². The molecule has 1 heterocycles. The molecule has 0 saturated carbocycles. The molecule has 0 radical (unpaired) electrons. The third-order valence-electron chi connectivity index (χ3n) is 2.76. The summed E-state index contributed by atoms with van der Waals surface area (Å²) >= 11 is 0. The van der Waals surface area contributed by atoms with Gasteiger partial charge >= 0.3 is 0 Å². The van der Waals surface area contributed by atoms with Gasteiger partial charge in [-0.25, -0.2) is 0 Å². The first-order chi connectivity index (χ1) is 8.06. The number of carbonyl (C=O) groups is 2. The Hall–Kier alpha value is -2.04. The molecule has 5 nitrogen and oxygen atoms in total. The van der Waals surface area contributed by atoms with Crippen LogP contribution in [-0.4, -0.2) is 29.0 Å². The largest absolute Gasteiger partial charge is 0.508 e. The van der Waals surface area contributed by atoms with E-state index in [1.54, 1.807) is 31.2 Å². The van der Waals surface area contributed by atoms with Gasteiger partial charge in [0.15, 0.2) is 0 Å². The normalized spacial score (nSPS) is 24.1. The van der Waals surface area contributed by atoms with Gasteiger partial charge in [0.1, 0.15) is 17.8 Å². The molecule has 0 aliphatic carbocycles. The summed E-state index contributed by atoms with van der Waals surface area (Å²) in [6.45, 7) is 1.64. The minimum absolute atomic E-state index is 0.173. The fourth-order valence-electron chi connectivity index (χ4n) is 1.75. The summed E-state index contributed by atoms with van der Waals surface area (Å²) in [7, 11) is 0. The molecule has 1 fully saturated rings. The van der Waals surface area contributed by atoms with Crippen LogP contribution in [0.3, 0.4) is 0 Å². The Kier molecular flexibility index (Phi) is 2.99. The van der Waals surface area contributed by atoms with Gasteiger partial charge in [0, 0.05) is 6.42 Å². The SMILES string of the molecule is C[C@@H]1NC(=O)[C@H](Cc2ccc(O)cc2)NC1=O. The van der Waals surface area contributed by atoms with Crippen molar-refractivity contribution in [3.8, 4) is 5.75 Å². The van der Waals surface area contributed by atoms with Crippen molar-refractivity contribution in [1.29, 1.82) is 0 Å². The number of carbonyl (C=O) groups excluding carboxylic acids is 2. The van der Waals surface area contributed by atoms with Crippen LogP contribution in [0, 0.1) is 0 Å². The zero-order chi connectivity index (χ0) is 12.4. The average molecular weight is 234 g/mol. The van der Waals surface area contributed by atoms with Gasteiger partial charge in [0.05, 0.1) is 0 Å². The van der Waals surface area contributed by atoms with E-state index in [1.807, 2.05) is 0 Å². The van der Waals surface area contributed by atoms with Crippen LogP contribution < -0.4 is 10.6 Å². The lowest BCUT2D eigenvalue weighted by Gasteiger charge is -2.27. The molecule has 1 aliphatic heterocycles. The lowest BCUT2D eigenvalue weighted by molar-refractivity contribution is -0.136. The predicted octanol–water partition coefficient (Wildman–Crippen LogP) is -0.0622. The molecule has 1 aliphatic rings. The second-order valence-electron chi connectivity index (χ2n) is 4.16. The average Bonchev–Trinajstić information content (AvgIpc) is 2.29. The maximum Gasteiger partial charge on any atom is 0.243 e. The van der Waals surface area contributed by atoms with Crippen LogP contribution in [0.2, 0.25) is 0 Å². The molecule has 17 heavy (non-hydrogen) atoms. The van der Waals surface area contributed by atoms with E-state index in [2.05, 4.69) is 10.6 Å². The molecule has 0 aromatic heterocycles. The molecule has 0 bridgehead atoms. The van der Waals surface area contributed by atoms with E-state index >= 15 is 0 Å². The molecule has 1 aromatic carbocycles. The standard InChI is InChI=1S/C12H14N2O3/c1-7-11(16)14-10(12(17)13-7)6-8-2-4-9(15)5-3-8/h2-5,7,10,15H,6H2,1H3,(H,13,17)(H,14,16)/t7-,10-/m0/s1. The molecular weight excluding hydrogens is 220 g/mol. The molecule has 90 valence electrons. The van der Waals surface area contributed by atoms with Crippen molar-refractivity contribution in [2.45, 2.75) is 25.4 Å². The Bertz CT molecular complexity index is 442. The van der Waals surface area contributed by atoms with Gasteiger partial charge < -0.3 is 15.7 Å². The lowest BCUT2D eigenvalue weighted by atomic mass is 10.0. The monoisotopic (exact) mass is 234 g/mol. The van der Waals surface area contributed by atoms with Crippen LogP contribution in [0.1, 0.15) is 12.5 Å². The Morgan fingerprint density at radius 3 is 2.41 bits per heavy atom. The van der Waals surface area contributed by atoms with E-state index < -0.39 is 12.1 Å². The molecule has 3 N–H and O–H groups in total. The summed E-state index contributed by atoms with van der Waals surface area (Å²) in [6, 6.07) is 5.56. The van der Waals surface area contributed by atoms with Crippen LogP contribution in [-0.2, 0) is 16.0 Å². The minimum atomic E-state index is -0.539. The van der Waals surface area contributed by atoms with Crippen LogP contribution in [0.4, 0.5) is 0 Å². The number of hydrogen-bond donors (Lipinski definition) is 3. The van der Waals surface area contributed by atoms with E-state index in [1.165, 1.54) is 0 Å². The van der Waals surface area contributed by atoms with Crippen LogP contribution >= 0.6 is 0 Å². The predicted molar refractivity (Wildman–Crippen MR) is 61.3 cm³/mol. The highest BCUT2D eigenvalue weighted by Gasteiger charge is 2.30. The number of phenolic OH excluding ortho intramolecular Hbond substituents is 1. The highest BCUT2D eigenvalue weighted by molar-refractivity contribution is 5.96. The van der Waals surface area contributed by atoms with Crippen molar-refractivity contribution in [2.24, 2.45) is 0 Å². The van der Waals surface area contributed by atoms with Crippen LogP contribution in [0.15, 0.2) is 24.3 Å². The van der Waals surface area contributed by atoms with Crippen molar-refractivity contribution in [2.75, 3.05) is 0 Å². The number of phenols is 1. The minimum Gasteiger partial charge on any atom is -0.508 e. The summed E-state index contributed by atoms with van der Waals surface area (Å²) < 4.78 is 0. The summed E-state index contributed by atoms with van der Waals surface area (Å²) in [5.41, 5.74) is 0.887. The Balaban J connectivity index is 2.06. The number of amides is 2. The van der Waals surface area contributed by atoms with Gasteiger partial charge in [0.2, 0.25) is 11.8 Å². The van der Waals surface area contributed by atoms with E-state index in [0.717, 1.165) is 5.56 Å². The third-order valence-corrected chi connectivity index (χ3v) is 2.76. The Morgan fingerprint density at radius 2 is 1.76 bits per heavy atom. The molecular formula is C12H14N2O3. The van der Waals surface area contributed by atoms with Crippen molar-refractivity contribution in [3.63, 3.8) is 0 Å². The highest BCUT2D eigenvalue weighted by Crippen LogP contribution is 2.12. The number of piperazine rings is 1. The molecule has 2 atom stereocenters. The summed E-state index contributed by atoms with van der Waals surface area (Å²) in [6.07, 6.45) is 0.421. The number of rotatable bonds is 2. The molecule has 1 aromatic rings. The maximum atomic E-state index is 11.6. The smallest absolute Gasteiger partial charge is 0.243 e. The second kappa shape index (κ2) is 4.45. The molecule has 0 spiro atoms. The summed E-state index contributed by atoms with van der Waals surface area (Å²) in [5, 5.41) is 14.4. The van der Waals surface area contributed by atoms with Gasteiger partial charge in [0.25, 0.3) is 0 Å². The van der Waals surface area contributed by atoms with Gasteiger partial charge in [-0.1, -0.05) is 12.1 Å². The number of nitrogens with one attached hydrogen (secondary N) is 2. The van der Waals surface area contributed by atoms with Crippen LogP contribution in [0.5, 0.6) is 5.75 Å². The Morgan fingerprint density at radius 1 is 1.12 bits per heavy atom. The van der Waals surface area contributed by atoms with Crippen molar-refractivity contribution in [1.82, 2.24) is 10.6 Å². The number of benzene rings is 1. The maximum absolute atomic E-state index is 11.6.